The molecule has 0 N–H and O–H groups in total. The lowest BCUT2D eigenvalue weighted by Gasteiger charge is -2.25. The van der Waals surface area contributed by atoms with Crippen LogP contribution in [0, 0.1) is 0 Å². The summed E-state index contributed by atoms with van der Waals surface area (Å²) in [7, 11) is -2.35. The Kier molecular flexibility index (Phi) is 5.61. The zero-order valence-corrected chi connectivity index (χ0v) is 18.2. The van der Waals surface area contributed by atoms with Gasteiger partial charge in [-0.15, -0.1) is 11.3 Å². The van der Waals surface area contributed by atoms with Gasteiger partial charge in [-0.1, -0.05) is 23.7 Å². The van der Waals surface area contributed by atoms with Crippen molar-refractivity contribution < 1.29 is 13.2 Å². The van der Waals surface area contributed by atoms with Gasteiger partial charge in [-0.2, -0.15) is 4.31 Å². The maximum absolute atomic E-state index is 13.0. The van der Waals surface area contributed by atoms with Crippen LogP contribution in [-0.4, -0.2) is 48.7 Å². The average molecular weight is 450 g/mol. The fourth-order valence-electron chi connectivity index (χ4n) is 3.51. The molecule has 1 amide bonds. The molecule has 0 saturated carbocycles. The number of fused-ring (bicyclic) bond motifs is 1. The molecule has 1 aromatic heterocycles. The Morgan fingerprint density at radius 3 is 2.69 bits per heavy atom. The van der Waals surface area contributed by atoms with Crippen molar-refractivity contribution in [3.05, 3.63) is 58.6 Å². The van der Waals surface area contributed by atoms with E-state index in [1.165, 1.54) is 31.3 Å². The summed E-state index contributed by atoms with van der Waals surface area (Å²) in [5, 5.41) is 1.36. The molecule has 3 aromatic rings. The second kappa shape index (κ2) is 8.02. The van der Waals surface area contributed by atoms with Gasteiger partial charge in [0, 0.05) is 18.6 Å². The SMILES string of the molecule is CN(CC(=O)N1CCCC1c1nc2ccccc2s1)S(=O)(=O)c1ccc(Cl)cc1. The molecule has 2 aromatic carbocycles. The molecule has 1 unspecified atom stereocenters. The van der Waals surface area contributed by atoms with Crippen LogP contribution in [0.15, 0.2) is 53.4 Å². The lowest BCUT2D eigenvalue weighted by Crippen LogP contribution is -2.40. The molecule has 152 valence electrons. The molecule has 1 saturated heterocycles. The van der Waals surface area contributed by atoms with Crippen LogP contribution in [0.3, 0.4) is 0 Å². The molecule has 0 aliphatic carbocycles. The van der Waals surface area contributed by atoms with Crippen molar-refractivity contribution in [2.24, 2.45) is 0 Å². The van der Waals surface area contributed by atoms with Gasteiger partial charge in [0.2, 0.25) is 15.9 Å². The smallest absolute Gasteiger partial charge is 0.243 e. The number of para-hydroxylation sites is 1. The minimum atomic E-state index is -3.77. The summed E-state index contributed by atoms with van der Waals surface area (Å²) in [6, 6.07) is 13.7. The van der Waals surface area contributed by atoms with E-state index < -0.39 is 10.0 Å². The minimum absolute atomic E-state index is 0.105. The Labute approximate surface area is 178 Å². The van der Waals surface area contributed by atoms with E-state index in [1.807, 2.05) is 24.3 Å². The number of thiazole rings is 1. The predicted molar refractivity (Wildman–Crippen MR) is 115 cm³/mol. The van der Waals surface area contributed by atoms with E-state index in [9.17, 15) is 13.2 Å². The number of rotatable bonds is 5. The number of halogens is 1. The number of nitrogens with zero attached hydrogens (tertiary/aromatic N) is 3. The zero-order chi connectivity index (χ0) is 20.6. The summed E-state index contributed by atoms with van der Waals surface area (Å²) >= 11 is 7.43. The van der Waals surface area contributed by atoms with Gasteiger partial charge < -0.3 is 4.90 Å². The highest BCUT2D eigenvalue weighted by Crippen LogP contribution is 2.36. The molecule has 0 bridgehead atoms. The molecule has 1 aliphatic rings. The third kappa shape index (κ3) is 4.02. The van der Waals surface area contributed by atoms with E-state index >= 15 is 0 Å². The highest BCUT2D eigenvalue weighted by atomic mass is 35.5. The molecule has 0 radical (unpaired) electrons. The molecule has 4 rings (SSSR count). The second-order valence-corrected chi connectivity index (χ2v) is 10.5. The third-order valence-corrected chi connectivity index (χ3v) is 8.26. The van der Waals surface area contributed by atoms with Crippen molar-refractivity contribution in [3.63, 3.8) is 0 Å². The summed E-state index contributed by atoms with van der Waals surface area (Å²) in [5.41, 5.74) is 0.925. The van der Waals surface area contributed by atoms with E-state index in [2.05, 4.69) is 0 Å². The Hall–Kier alpha value is -2.00. The number of sulfonamides is 1. The van der Waals surface area contributed by atoms with E-state index in [4.69, 9.17) is 16.6 Å². The molecular formula is C20H20ClN3O3S2. The molecule has 1 atom stereocenters. The summed E-state index contributed by atoms with van der Waals surface area (Å²) in [6.45, 7) is 0.389. The Morgan fingerprint density at radius 2 is 1.97 bits per heavy atom. The third-order valence-electron chi connectivity index (χ3n) is 5.05. The van der Waals surface area contributed by atoms with Crippen LogP contribution in [0.25, 0.3) is 10.2 Å². The number of carbonyl (C=O) groups excluding carboxylic acids is 1. The lowest BCUT2D eigenvalue weighted by atomic mass is 10.2. The number of amides is 1. The highest BCUT2D eigenvalue weighted by molar-refractivity contribution is 7.89. The first-order valence-corrected chi connectivity index (χ1v) is 11.9. The van der Waals surface area contributed by atoms with Gasteiger partial charge in [0.25, 0.3) is 0 Å². The first-order valence-electron chi connectivity index (χ1n) is 9.23. The molecule has 29 heavy (non-hydrogen) atoms. The van der Waals surface area contributed by atoms with Crippen molar-refractivity contribution in [2.75, 3.05) is 20.1 Å². The zero-order valence-electron chi connectivity index (χ0n) is 15.8. The van der Waals surface area contributed by atoms with E-state index in [-0.39, 0.29) is 23.4 Å². The minimum Gasteiger partial charge on any atom is -0.332 e. The predicted octanol–water partition coefficient (Wildman–Crippen LogP) is 3.93. The normalized spacial score (nSPS) is 17.3. The lowest BCUT2D eigenvalue weighted by molar-refractivity contribution is -0.132. The summed E-state index contributed by atoms with van der Waals surface area (Å²) < 4.78 is 27.7. The quantitative estimate of drug-likeness (QED) is 0.591. The van der Waals surface area contributed by atoms with Crippen molar-refractivity contribution in [1.82, 2.24) is 14.2 Å². The average Bonchev–Trinajstić information content (AvgIpc) is 3.34. The van der Waals surface area contributed by atoms with Gasteiger partial charge in [-0.25, -0.2) is 13.4 Å². The van der Waals surface area contributed by atoms with Crippen LogP contribution in [-0.2, 0) is 14.8 Å². The largest absolute Gasteiger partial charge is 0.332 e. The van der Waals surface area contributed by atoms with Crippen molar-refractivity contribution in [3.8, 4) is 0 Å². The topological polar surface area (TPSA) is 70.6 Å². The maximum Gasteiger partial charge on any atom is 0.243 e. The van der Waals surface area contributed by atoms with Gasteiger partial charge in [0.05, 0.1) is 27.7 Å². The molecular weight excluding hydrogens is 430 g/mol. The number of carbonyl (C=O) groups is 1. The Bertz CT molecular complexity index is 1110. The van der Waals surface area contributed by atoms with Gasteiger partial charge in [0.15, 0.2) is 0 Å². The van der Waals surface area contributed by atoms with Crippen molar-refractivity contribution >= 4 is 49.1 Å². The maximum atomic E-state index is 13.0. The molecule has 1 aliphatic heterocycles. The molecule has 0 spiro atoms. The Morgan fingerprint density at radius 1 is 1.24 bits per heavy atom. The van der Waals surface area contributed by atoms with Crippen LogP contribution in [0.4, 0.5) is 0 Å². The van der Waals surface area contributed by atoms with E-state index in [0.717, 1.165) is 32.4 Å². The first-order chi connectivity index (χ1) is 13.9. The monoisotopic (exact) mass is 449 g/mol. The second-order valence-electron chi connectivity index (χ2n) is 6.98. The number of hydrogen-bond donors (Lipinski definition) is 0. The van der Waals surface area contributed by atoms with Crippen LogP contribution in [0.1, 0.15) is 23.9 Å². The standard InChI is InChI=1S/C20H20ClN3O3S2/c1-23(29(26,27)15-10-8-14(21)9-11-15)13-19(25)24-12-4-6-17(24)20-22-16-5-2-3-7-18(16)28-20/h2-3,5,7-11,17H,4,6,12-13H2,1H3. The van der Waals surface area contributed by atoms with Crippen molar-refractivity contribution in [1.29, 1.82) is 0 Å². The number of aromatic nitrogens is 1. The molecule has 1 fully saturated rings. The summed E-state index contributed by atoms with van der Waals surface area (Å²) in [4.78, 5) is 19.5. The van der Waals surface area contributed by atoms with E-state index in [1.54, 1.807) is 16.2 Å². The van der Waals surface area contributed by atoms with Crippen LogP contribution in [0.5, 0.6) is 0 Å². The fraction of sp³-hybridized carbons (Fsp3) is 0.300. The summed E-state index contributed by atoms with van der Waals surface area (Å²) in [5.74, 6) is -0.216. The number of hydrogen-bond acceptors (Lipinski definition) is 5. The number of likely N-dealkylation sites (N-methyl/N-ethyl adjacent to an activating group) is 1. The van der Waals surface area contributed by atoms with Crippen LogP contribution >= 0.6 is 22.9 Å². The summed E-state index contributed by atoms with van der Waals surface area (Å²) in [6.07, 6.45) is 1.71. The Balaban J connectivity index is 1.51. The molecule has 2 heterocycles. The van der Waals surface area contributed by atoms with Crippen molar-refractivity contribution in [2.45, 2.75) is 23.8 Å². The first kappa shape index (κ1) is 20.3. The number of benzene rings is 2. The van der Waals surface area contributed by atoms with Gasteiger partial charge >= 0.3 is 0 Å². The molecule has 6 nitrogen and oxygen atoms in total. The van der Waals surface area contributed by atoms with Gasteiger partial charge in [0.1, 0.15) is 5.01 Å². The van der Waals surface area contributed by atoms with Gasteiger partial charge in [-0.3, -0.25) is 4.79 Å². The van der Waals surface area contributed by atoms with Crippen LogP contribution < -0.4 is 0 Å². The highest BCUT2D eigenvalue weighted by Gasteiger charge is 2.34. The fourth-order valence-corrected chi connectivity index (χ4v) is 5.87. The number of likely N-dealkylation sites (tertiary alicyclic amines) is 1. The van der Waals surface area contributed by atoms with Crippen LogP contribution in [0.2, 0.25) is 5.02 Å². The van der Waals surface area contributed by atoms with E-state index in [0.29, 0.717) is 11.6 Å². The van der Waals surface area contributed by atoms with Gasteiger partial charge in [-0.05, 0) is 49.2 Å². The molecule has 9 heteroatoms.